The summed E-state index contributed by atoms with van der Waals surface area (Å²) in [5.41, 5.74) is 1.42. The molecule has 0 saturated carbocycles. The third kappa shape index (κ3) is 2.73. The molecular weight excluding hydrogens is 359 g/mol. The maximum absolute atomic E-state index is 14.5. The van der Waals surface area contributed by atoms with Gasteiger partial charge in [-0.05, 0) is 38.5 Å². The third-order valence-electron chi connectivity index (χ3n) is 5.07. The normalized spacial score (nSPS) is 21.0. The molecule has 26 heavy (non-hydrogen) atoms. The van der Waals surface area contributed by atoms with E-state index in [2.05, 4.69) is 5.32 Å². The maximum Gasteiger partial charge on any atom is 0.280 e. The minimum Gasteiger partial charge on any atom is -0.390 e. The summed E-state index contributed by atoms with van der Waals surface area (Å²) in [6, 6.07) is 5.38. The molecule has 7 heteroatoms. The minimum atomic E-state index is -0.724. The second kappa shape index (κ2) is 6.21. The number of halogens is 2. The van der Waals surface area contributed by atoms with Gasteiger partial charge in [0.1, 0.15) is 5.82 Å². The average Bonchev–Trinajstić information content (AvgIpc) is 2.55. The molecule has 0 aliphatic carbocycles. The van der Waals surface area contributed by atoms with Crippen LogP contribution in [0.3, 0.4) is 0 Å². The first-order valence-electron chi connectivity index (χ1n) is 8.28. The fourth-order valence-electron chi connectivity index (χ4n) is 3.71. The van der Waals surface area contributed by atoms with Crippen LogP contribution in [0.4, 0.5) is 15.8 Å². The standard InChI is InChI=1S/C19H20ClFN2O3/c1-9-8-11(15-12(21)6-5-7-13(15)23(25)26)16(20)14-10(2)18(24)19(3,4)22-17(9)14/h5-8,10,18,22,24H,1-4H3. The second-order valence-electron chi connectivity index (χ2n) is 7.31. The number of aliphatic hydroxyl groups is 1. The van der Waals surface area contributed by atoms with Crippen LogP contribution in [0.25, 0.3) is 11.1 Å². The van der Waals surface area contributed by atoms with Crippen LogP contribution in [-0.4, -0.2) is 21.7 Å². The van der Waals surface area contributed by atoms with E-state index in [-0.39, 0.29) is 27.8 Å². The van der Waals surface area contributed by atoms with Crippen LogP contribution in [0.15, 0.2) is 24.3 Å². The van der Waals surface area contributed by atoms with E-state index >= 15 is 0 Å². The van der Waals surface area contributed by atoms with Crippen molar-refractivity contribution < 1.29 is 14.4 Å². The largest absolute Gasteiger partial charge is 0.390 e. The van der Waals surface area contributed by atoms with Crippen molar-refractivity contribution in [2.75, 3.05) is 5.32 Å². The minimum absolute atomic E-state index is 0.139. The highest BCUT2D eigenvalue weighted by molar-refractivity contribution is 6.35. The van der Waals surface area contributed by atoms with E-state index in [4.69, 9.17) is 11.6 Å². The molecule has 0 spiro atoms. The highest BCUT2D eigenvalue weighted by Crippen LogP contribution is 2.49. The van der Waals surface area contributed by atoms with E-state index in [9.17, 15) is 19.6 Å². The number of aliphatic hydroxyl groups excluding tert-OH is 1. The fourth-order valence-corrected chi connectivity index (χ4v) is 4.12. The van der Waals surface area contributed by atoms with E-state index in [0.717, 1.165) is 11.3 Å². The lowest BCUT2D eigenvalue weighted by molar-refractivity contribution is -0.384. The Balaban J connectivity index is 2.33. The highest BCUT2D eigenvalue weighted by atomic mass is 35.5. The molecule has 3 rings (SSSR count). The highest BCUT2D eigenvalue weighted by Gasteiger charge is 2.41. The monoisotopic (exact) mass is 378 g/mol. The van der Waals surface area contributed by atoms with Gasteiger partial charge in [0.05, 0.1) is 27.2 Å². The first kappa shape index (κ1) is 18.6. The van der Waals surface area contributed by atoms with Gasteiger partial charge in [0.25, 0.3) is 5.69 Å². The first-order valence-corrected chi connectivity index (χ1v) is 8.66. The Morgan fingerprint density at radius 2 is 2.04 bits per heavy atom. The molecule has 138 valence electrons. The summed E-state index contributed by atoms with van der Waals surface area (Å²) in [6.45, 7) is 7.45. The molecule has 1 heterocycles. The van der Waals surface area contributed by atoms with Gasteiger partial charge >= 0.3 is 0 Å². The summed E-state index contributed by atoms with van der Waals surface area (Å²) in [4.78, 5) is 10.8. The molecule has 0 amide bonds. The molecular formula is C19H20ClFN2O3. The molecule has 1 aliphatic rings. The van der Waals surface area contributed by atoms with E-state index < -0.39 is 22.4 Å². The van der Waals surface area contributed by atoms with Crippen LogP contribution in [0.5, 0.6) is 0 Å². The molecule has 0 aromatic heterocycles. The molecule has 2 aromatic carbocycles. The molecule has 2 unspecified atom stereocenters. The molecule has 0 saturated heterocycles. The SMILES string of the molecule is Cc1cc(-c2c(F)cccc2[N+](=O)[O-])c(Cl)c2c1NC(C)(C)C(O)C2C. The Morgan fingerprint density at radius 1 is 1.38 bits per heavy atom. The Morgan fingerprint density at radius 3 is 2.65 bits per heavy atom. The van der Waals surface area contributed by atoms with Crippen molar-refractivity contribution in [1.29, 1.82) is 0 Å². The van der Waals surface area contributed by atoms with Gasteiger partial charge in [-0.15, -0.1) is 0 Å². The molecule has 2 N–H and O–H groups in total. The van der Waals surface area contributed by atoms with Crippen molar-refractivity contribution in [3.05, 3.63) is 56.3 Å². The van der Waals surface area contributed by atoms with Gasteiger partial charge in [0, 0.05) is 28.8 Å². The predicted octanol–water partition coefficient (Wildman–Crippen LogP) is 5.03. The molecule has 2 aromatic rings. The zero-order valence-electron chi connectivity index (χ0n) is 14.9. The van der Waals surface area contributed by atoms with Crippen LogP contribution < -0.4 is 5.32 Å². The number of fused-ring (bicyclic) bond motifs is 1. The van der Waals surface area contributed by atoms with Crippen molar-refractivity contribution in [3.63, 3.8) is 0 Å². The third-order valence-corrected chi connectivity index (χ3v) is 5.48. The van der Waals surface area contributed by atoms with Crippen LogP contribution in [0.2, 0.25) is 5.02 Å². The number of hydrogen-bond donors (Lipinski definition) is 2. The van der Waals surface area contributed by atoms with Crippen LogP contribution >= 0.6 is 11.6 Å². The van der Waals surface area contributed by atoms with E-state index in [1.807, 2.05) is 27.7 Å². The summed E-state index contributed by atoms with van der Waals surface area (Å²) in [5.74, 6) is -1.03. The molecule has 0 radical (unpaired) electrons. The Labute approximate surface area is 156 Å². The number of anilines is 1. The van der Waals surface area contributed by atoms with E-state index in [0.29, 0.717) is 5.56 Å². The zero-order valence-corrected chi connectivity index (χ0v) is 15.7. The average molecular weight is 379 g/mol. The van der Waals surface area contributed by atoms with Crippen molar-refractivity contribution >= 4 is 23.0 Å². The Hall–Kier alpha value is -2.18. The van der Waals surface area contributed by atoms with Gasteiger partial charge in [-0.2, -0.15) is 0 Å². The smallest absolute Gasteiger partial charge is 0.280 e. The molecule has 5 nitrogen and oxygen atoms in total. The molecule has 2 atom stereocenters. The number of rotatable bonds is 2. The van der Waals surface area contributed by atoms with Gasteiger partial charge in [-0.25, -0.2) is 4.39 Å². The lowest BCUT2D eigenvalue weighted by Crippen LogP contribution is -2.50. The molecule has 0 fully saturated rings. The van der Waals surface area contributed by atoms with E-state index in [1.54, 1.807) is 6.07 Å². The van der Waals surface area contributed by atoms with Gasteiger partial charge in [0.15, 0.2) is 0 Å². The molecule has 0 bridgehead atoms. The number of nitrogens with one attached hydrogen (secondary N) is 1. The van der Waals surface area contributed by atoms with Gasteiger partial charge in [0.2, 0.25) is 0 Å². The predicted molar refractivity (Wildman–Crippen MR) is 100 cm³/mol. The summed E-state index contributed by atoms with van der Waals surface area (Å²) < 4.78 is 14.5. The number of nitro benzene ring substituents is 1. The Kier molecular flexibility index (Phi) is 4.45. The fraction of sp³-hybridized carbons (Fsp3) is 0.368. The van der Waals surface area contributed by atoms with Gasteiger partial charge in [-0.1, -0.05) is 24.6 Å². The maximum atomic E-state index is 14.5. The lowest BCUT2D eigenvalue weighted by Gasteiger charge is -2.43. The first-order chi connectivity index (χ1) is 12.1. The number of nitro groups is 1. The topological polar surface area (TPSA) is 75.4 Å². The zero-order chi connectivity index (χ0) is 19.4. The van der Waals surface area contributed by atoms with Gasteiger partial charge < -0.3 is 10.4 Å². The number of aryl methyl sites for hydroxylation is 1. The summed E-state index contributed by atoms with van der Waals surface area (Å²) >= 11 is 6.59. The number of nitrogens with zero attached hydrogens (tertiary/aromatic N) is 1. The number of hydrogen-bond acceptors (Lipinski definition) is 4. The van der Waals surface area contributed by atoms with Crippen LogP contribution in [0.1, 0.15) is 37.8 Å². The number of benzene rings is 2. The quantitative estimate of drug-likeness (QED) is 0.567. The van der Waals surface area contributed by atoms with Crippen molar-refractivity contribution in [1.82, 2.24) is 0 Å². The summed E-state index contributed by atoms with van der Waals surface area (Å²) in [6.07, 6.45) is -0.724. The van der Waals surface area contributed by atoms with Crippen molar-refractivity contribution in [2.45, 2.75) is 45.3 Å². The van der Waals surface area contributed by atoms with Crippen molar-refractivity contribution in [2.24, 2.45) is 0 Å². The van der Waals surface area contributed by atoms with Crippen molar-refractivity contribution in [3.8, 4) is 11.1 Å². The van der Waals surface area contributed by atoms with E-state index in [1.165, 1.54) is 18.2 Å². The summed E-state index contributed by atoms with van der Waals surface area (Å²) in [5, 5.41) is 25.5. The molecule has 1 aliphatic heterocycles. The van der Waals surface area contributed by atoms with Crippen LogP contribution in [0, 0.1) is 22.9 Å². The van der Waals surface area contributed by atoms with Gasteiger partial charge in [-0.3, -0.25) is 10.1 Å². The van der Waals surface area contributed by atoms with Crippen LogP contribution in [-0.2, 0) is 0 Å². The summed E-state index contributed by atoms with van der Waals surface area (Å²) in [7, 11) is 0. The second-order valence-corrected chi connectivity index (χ2v) is 7.69. The Bertz CT molecular complexity index is 914. The lowest BCUT2D eigenvalue weighted by atomic mass is 9.77.